The number of hydrogen-bond donors (Lipinski definition) is 7. The number of nitrogens with zero attached hydrogens (tertiary/aromatic N) is 1. The fourth-order valence-electron chi connectivity index (χ4n) is 4.85. The molecule has 8 nitrogen and oxygen atoms in total. The minimum absolute atomic E-state index is 0.655. The zero-order chi connectivity index (χ0) is 23.8. The summed E-state index contributed by atoms with van der Waals surface area (Å²) < 4.78 is 0. The largest absolute Gasteiger partial charge is 0.315 e. The topological polar surface area (TPSA) is 87.5 Å². The van der Waals surface area contributed by atoms with Crippen LogP contribution in [0.4, 0.5) is 0 Å². The molecule has 0 aliphatic carbocycles. The van der Waals surface area contributed by atoms with Crippen molar-refractivity contribution in [2.45, 2.75) is 63.8 Å². The summed E-state index contributed by atoms with van der Waals surface area (Å²) in [7, 11) is 0. The van der Waals surface area contributed by atoms with E-state index in [-0.39, 0.29) is 0 Å². The van der Waals surface area contributed by atoms with Gasteiger partial charge in [-0.15, -0.1) is 0 Å². The van der Waals surface area contributed by atoms with Gasteiger partial charge in [0.05, 0.1) is 0 Å². The van der Waals surface area contributed by atoms with Crippen LogP contribution in [0.15, 0.2) is 0 Å². The zero-order valence-corrected chi connectivity index (χ0v) is 22.2. The van der Waals surface area contributed by atoms with E-state index in [4.69, 9.17) is 0 Å². The van der Waals surface area contributed by atoms with Crippen LogP contribution >= 0.6 is 0 Å². The molecule has 0 radical (unpaired) electrons. The Kier molecular flexibility index (Phi) is 20.3. The maximum atomic E-state index is 3.81. The van der Waals surface area contributed by atoms with Crippen molar-refractivity contribution in [3.8, 4) is 0 Å². The molecule has 2 heterocycles. The normalized spacial score (nSPS) is 25.2. The molecule has 0 aromatic heterocycles. The van der Waals surface area contributed by atoms with Crippen LogP contribution in [0.3, 0.4) is 0 Å². The highest BCUT2D eigenvalue weighted by Gasteiger charge is 2.09. The van der Waals surface area contributed by atoms with Gasteiger partial charge < -0.3 is 42.1 Å². The summed E-state index contributed by atoms with van der Waals surface area (Å²) >= 11 is 0. The molecule has 2 rings (SSSR count). The Morgan fingerprint density at radius 2 is 1.03 bits per heavy atom. The summed E-state index contributed by atoms with van der Waals surface area (Å²) in [5.41, 5.74) is 0. The molecule has 202 valence electrons. The molecule has 0 bridgehead atoms. The van der Waals surface area contributed by atoms with Gasteiger partial charge in [-0.2, -0.15) is 0 Å². The highest BCUT2D eigenvalue weighted by molar-refractivity contribution is 4.71. The van der Waals surface area contributed by atoms with Crippen LogP contribution in [0.5, 0.6) is 0 Å². The lowest BCUT2D eigenvalue weighted by Gasteiger charge is -2.23. The van der Waals surface area contributed by atoms with Crippen molar-refractivity contribution >= 4 is 0 Å². The molecule has 1 unspecified atom stereocenters. The number of unbranched alkanes of at least 4 members (excludes halogenated alkanes) is 3. The van der Waals surface area contributed by atoms with Crippen LogP contribution in [-0.2, 0) is 0 Å². The predicted octanol–water partition coefficient (Wildman–Crippen LogP) is 0.322. The molecule has 8 heteroatoms. The molecule has 2 aliphatic rings. The lowest BCUT2D eigenvalue weighted by atomic mass is 10.0. The second-order valence-corrected chi connectivity index (χ2v) is 10.0. The van der Waals surface area contributed by atoms with Crippen molar-refractivity contribution in [3.05, 3.63) is 0 Å². The molecule has 2 fully saturated rings. The molecular formula is C26H58N8. The molecule has 34 heavy (non-hydrogen) atoms. The van der Waals surface area contributed by atoms with Crippen molar-refractivity contribution < 1.29 is 0 Å². The monoisotopic (exact) mass is 482 g/mol. The second-order valence-electron chi connectivity index (χ2n) is 10.0. The standard InChI is InChI=1S/C26H58N8/c1(3-8-26-9-15-32-19-18-28-10-5-12-29-20-21-33-26)2-4-23-34-24-7-14-30-17-16-27-11-6-13-31-22-25-34/h26-33H,1-25H2. The van der Waals surface area contributed by atoms with Crippen molar-refractivity contribution in [2.24, 2.45) is 0 Å². The third kappa shape index (κ3) is 18.0. The van der Waals surface area contributed by atoms with Gasteiger partial charge in [-0.1, -0.05) is 19.3 Å². The summed E-state index contributed by atoms with van der Waals surface area (Å²) in [5.74, 6) is 0. The molecule has 0 saturated carbocycles. The predicted molar refractivity (Wildman–Crippen MR) is 147 cm³/mol. The van der Waals surface area contributed by atoms with Crippen molar-refractivity contribution in [1.82, 2.24) is 42.1 Å². The average Bonchev–Trinajstić information content (AvgIpc) is 2.85. The Balaban J connectivity index is 1.55. The minimum Gasteiger partial charge on any atom is -0.315 e. The van der Waals surface area contributed by atoms with Crippen LogP contribution in [0.1, 0.15) is 57.8 Å². The summed E-state index contributed by atoms with van der Waals surface area (Å²) in [4.78, 5) is 2.69. The number of nitrogens with one attached hydrogen (secondary N) is 7. The third-order valence-corrected chi connectivity index (χ3v) is 6.99. The smallest absolute Gasteiger partial charge is 0.0107 e. The molecule has 0 amide bonds. The van der Waals surface area contributed by atoms with E-state index < -0.39 is 0 Å². The summed E-state index contributed by atoms with van der Waals surface area (Å²) in [6, 6.07) is 0.655. The van der Waals surface area contributed by atoms with E-state index in [1.54, 1.807) is 0 Å². The van der Waals surface area contributed by atoms with Gasteiger partial charge in [0.1, 0.15) is 0 Å². The van der Waals surface area contributed by atoms with Gasteiger partial charge >= 0.3 is 0 Å². The maximum Gasteiger partial charge on any atom is 0.0107 e. The fraction of sp³-hybridized carbons (Fsp3) is 1.00. The van der Waals surface area contributed by atoms with E-state index in [1.165, 1.54) is 77.4 Å². The first kappa shape index (κ1) is 29.9. The van der Waals surface area contributed by atoms with Crippen LogP contribution in [0.2, 0.25) is 0 Å². The Hall–Kier alpha value is -0.320. The molecule has 0 spiro atoms. The summed E-state index contributed by atoms with van der Waals surface area (Å²) in [6.07, 6.45) is 11.7. The van der Waals surface area contributed by atoms with Gasteiger partial charge in [0.25, 0.3) is 0 Å². The van der Waals surface area contributed by atoms with Crippen LogP contribution in [0, 0.1) is 0 Å². The van der Waals surface area contributed by atoms with E-state index in [0.717, 1.165) is 85.1 Å². The SMILES string of the molecule is C(CCCN1CCCNCCNCCCNCC1)CCC1CCNCCNCCCNCCN1. The van der Waals surface area contributed by atoms with Gasteiger partial charge in [0, 0.05) is 58.4 Å². The van der Waals surface area contributed by atoms with Gasteiger partial charge in [0.2, 0.25) is 0 Å². The van der Waals surface area contributed by atoms with E-state index in [1.807, 2.05) is 0 Å². The van der Waals surface area contributed by atoms with Crippen molar-refractivity contribution in [2.75, 3.05) is 105 Å². The van der Waals surface area contributed by atoms with Gasteiger partial charge in [0.15, 0.2) is 0 Å². The van der Waals surface area contributed by atoms with Crippen LogP contribution < -0.4 is 37.2 Å². The zero-order valence-electron chi connectivity index (χ0n) is 22.2. The van der Waals surface area contributed by atoms with E-state index in [9.17, 15) is 0 Å². The van der Waals surface area contributed by atoms with Crippen LogP contribution in [-0.4, -0.2) is 116 Å². The van der Waals surface area contributed by atoms with Gasteiger partial charge in [-0.05, 0) is 90.9 Å². The summed E-state index contributed by atoms with van der Waals surface area (Å²) in [6.45, 7) is 18.1. The van der Waals surface area contributed by atoms with E-state index in [2.05, 4.69) is 42.1 Å². The van der Waals surface area contributed by atoms with E-state index in [0.29, 0.717) is 6.04 Å². The maximum absolute atomic E-state index is 3.81. The first-order valence-corrected chi connectivity index (χ1v) is 14.7. The molecule has 0 aromatic carbocycles. The third-order valence-electron chi connectivity index (χ3n) is 6.99. The molecule has 7 N–H and O–H groups in total. The van der Waals surface area contributed by atoms with Crippen LogP contribution in [0.25, 0.3) is 0 Å². The Morgan fingerprint density at radius 3 is 1.74 bits per heavy atom. The van der Waals surface area contributed by atoms with Crippen molar-refractivity contribution in [3.63, 3.8) is 0 Å². The number of hydrogen-bond acceptors (Lipinski definition) is 8. The highest BCUT2D eigenvalue weighted by atomic mass is 15.1. The lowest BCUT2D eigenvalue weighted by Crippen LogP contribution is -2.39. The molecule has 2 aliphatic heterocycles. The summed E-state index contributed by atoms with van der Waals surface area (Å²) in [5, 5.41) is 25.2. The Labute approximate surface area is 210 Å². The molecule has 1 atom stereocenters. The lowest BCUT2D eigenvalue weighted by molar-refractivity contribution is 0.261. The van der Waals surface area contributed by atoms with Crippen molar-refractivity contribution in [1.29, 1.82) is 0 Å². The fourth-order valence-corrected chi connectivity index (χ4v) is 4.85. The second kappa shape index (κ2) is 23.1. The minimum atomic E-state index is 0.655. The molecule has 0 aromatic rings. The molecule has 2 saturated heterocycles. The Bertz CT molecular complexity index is 360. The van der Waals surface area contributed by atoms with Gasteiger partial charge in [-0.25, -0.2) is 0 Å². The Morgan fingerprint density at radius 1 is 0.471 bits per heavy atom. The number of rotatable bonds is 7. The molecular weight excluding hydrogens is 424 g/mol. The quantitative estimate of drug-likeness (QED) is 0.261. The van der Waals surface area contributed by atoms with Gasteiger partial charge in [-0.3, -0.25) is 0 Å². The average molecular weight is 483 g/mol. The van der Waals surface area contributed by atoms with E-state index >= 15 is 0 Å². The first-order chi connectivity index (χ1) is 16.9. The first-order valence-electron chi connectivity index (χ1n) is 14.7. The highest BCUT2D eigenvalue weighted by Crippen LogP contribution is 2.09.